The van der Waals surface area contributed by atoms with Crippen LogP contribution in [0.5, 0.6) is 11.5 Å². The molecule has 0 bridgehead atoms. The maximum atomic E-state index is 11.1. The van der Waals surface area contributed by atoms with E-state index in [4.69, 9.17) is 9.47 Å². The van der Waals surface area contributed by atoms with Crippen LogP contribution >= 0.6 is 0 Å². The Morgan fingerprint density at radius 1 is 1.17 bits per heavy atom. The van der Waals surface area contributed by atoms with E-state index in [2.05, 4.69) is 17.0 Å². The van der Waals surface area contributed by atoms with Crippen LogP contribution in [-0.4, -0.2) is 42.2 Å². The highest BCUT2D eigenvalue weighted by Crippen LogP contribution is 2.48. The molecule has 4 rings (SSSR count). The van der Waals surface area contributed by atoms with Crippen molar-refractivity contribution in [2.24, 2.45) is 0 Å². The summed E-state index contributed by atoms with van der Waals surface area (Å²) in [5.74, 6) is 1.47. The Hall–Kier alpha value is -2.64. The summed E-state index contributed by atoms with van der Waals surface area (Å²) in [4.78, 5) is 12.9. The van der Waals surface area contributed by atoms with Crippen molar-refractivity contribution in [3.05, 3.63) is 63.2 Å². The zero-order valence-electron chi connectivity index (χ0n) is 17.5. The molecule has 1 aliphatic heterocycles. The molecule has 2 aliphatic rings. The molecule has 1 heterocycles. The molecule has 7 heteroatoms. The van der Waals surface area contributed by atoms with Crippen LogP contribution < -0.4 is 9.47 Å². The van der Waals surface area contributed by atoms with E-state index in [-0.39, 0.29) is 11.1 Å². The largest absolute Gasteiger partial charge is 0.493 e. The van der Waals surface area contributed by atoms with Crippen molar-refractivity contribution < 1.29 is 19.5 Å². The second-order valence-electron chi connectivity index (χ2n) is 8.39. The molecule has 2 aromatic rings. The van der Waals surface area contributed by atoms with Gasteiger partial charge in [-0.15, -0.1) is 0 Å². The monoisotopic (exact) mass is 412 g/mol. The summed E-state index contributed by atoms with van der Waals surface area (Å²) < 4.78 is 11.1. The van der Waals surface area contributed by atoms with Crippen molar-refractivity contribution >= 4 is 5.69 Å². The van der Waals surface area contributed by atoms with Crippen LogP contribution in [0.1, 0.15) is 48.5 Å². The number of benzene rings is 2. The minimum Gasteiger partial charge on any atom is -0.493 e. The SMILES string of the molecule is COc1cc2c(cc1OC)C1(CCCC1)CN(C[C@@H](O)c1cccc([N+](=O)[O-])c1)C2. The molecule has 1 aliphatic carbocycles. The molecule has 0 amide bonds. The standard InChI is InChI=1S/C23H28N2O5/c1-29-21-11-17-13-24(14-20(26)16-6-5-7-18(10-16)25(27)28)15-23(8-3-4-9-23)19(17)12-22(21)30-2/h5-7,10-12,20,26H,3-4,8-9,13-15H2,1-2H3/t20-/m1/s1. The van der Waals surface area contributed by atoms with Crippen LogP contribution in [0, 0.1) is 10.1 Å². The summed E-state index contributed by atoms with van der Waals surface area (Å²) in [6, 6.07) is 10.5. The fourth-order valence-corrected chi connectivity index (χ4v) is 5.16. The third-order valence-corrected chi connectivity index (χ3v) is 6.56. The van der Waals surface area contributed by atoms with Gasteiger partial charge >= 0.3 is 0 Å². The summed E-state index contributed by atoms with van der Waals surface area (Å²) in [5, 5.41) is 21.9. The topological polar surface area (TPSA) is 85.1 Å². The van der Waals surface area contributed by atoms with Gasteiger partial charge in [0.1, 0.15) is 0 Å². The quantitative estimate of drug-likeness (QED) is 0.571. The molecule has 1 spiro atoms. The van der Waals surface area contributed by atoms with Gasteiger partial charge in [-0.1, -0.05) is 25.0 Å². The van der Waals surface area contributed by atoms with Gasteiger partial charge in [-0.25, -0.2) is 0 Å². The maximum Gasteiger partial charge on any atom is 0.269 e. The molecule has 0 saturated heterocycles. The van der Waals surface area contributed by atoms with Crippen molar-refractivity contribution in [2.45, 2.75) is 43.7 Å². The number of non-ortho nitro benzene ring substituents is 1. The predicted molar refractivity (Wildman–Crippen MR) is 113 cm³/mol. The average molecular weight is 412 g/mol. The van der Waals surface area contributed by atoms with Gasteiger partial charge in [-0.3, -0.25) is 15.0 Å². The van der Waals surface area contributed by atoms with Gasteiger partial charge in [0.25, 0.3) is 5.69 Å². The van der Waals surface area contributed by atoms with Gasteiger partial charge in [0.05, 0.1) is 25.2 Å². The second-order valence-corrected chi connectivity index (χ2v) is 8.39. The number of nitro groups is 1. The molecule has 1 N–H and O–H groups in total. The number of methoxy groups -OCH3 is 2. The van der Waals surface area contributed by atoms with Crippen LogP contribution in [0.3, 0.4) is 0 Å². The lowest BCUT2D eigenvalue weighted by Crippen LogP contribution is -2.45. The number of nitro benzene ring substituents is 1. The van der Waals surface area contributed by atoms with E-state index < -0.39 is 11.0 Å². The molecular weight excluding hydrogens is 384 g/mol. The zero-order chi connectivity index (χ0) is 21.3. The minimum absolute atomic E-state index is 0.000339. The minimum atomic E-state index is -0.787. The van der Waals surface area contributed by atoms with Crippen LogP contribution in [0.2, 0.25) is 0 Å². The Morgan fingerprint density at radius 3 is 2.53 bits per heavy atom. The molecular formula is C23H28N2O5. The Morgan fingerprint density at radius 2 is 1.87 bits per heavy atom. The lowest BCUT2D eigenvalue weighted by Gasteiger charge is -2.43. The molecule has 0 unspecified atom stereocenters. The van der Waals surface area contributed by atoms with E-state index in [0.29, 0.717) is 24.4 Å². The van der Waals surface area contributed by atoms with Gasteiger partial charge in [0.15, 0.2) is 11.5 Å². The third-order valence-electron chi connectivity index (χ3n) is 6.56. The van der Waals surface area contributed by atoms with Crippen LogP contribution in [0.15, 0.2) is 36.4 Å². The van der Waals surface area contributed by atoms with Gasteiger partial charge in [0, 0.05) is 37.2 Å². The lowest BCUT2D eigenvalue weighted by atomic mass is 9.73. The molecule has 160 valence electrons. The van der Waals surface area contributed by atoms with Crippen LogP contribution in [0.4, 0.5) is 5.69 Å². The van der Waals surface area contributed by atoms with Crippen LogP contribution in [-0.2, 0) is 12.0 Å². The van der Waals surface area contributed by atoms with Gasteiger partial charge in [-0.05, 0) is 41.7 Å². The van der Waals surface area contributed by atoms with Gasteiger partial charge in [-0.2, -0.15) is 0 Å². The smallest absolute Gasteiger partial charge is 0.269 e. The van der Waals surface area contributed by atoms with Crippen molar-refractivity contribution in [1.82, 2.24) is 4.90 Å². The lowest BCUT2D eigenvalue weighted by molar-refractivity contribution is -0.385. The first-order valence-corrected chi connectivity index (χ1v) is 10.4. The number of hydrogen-bond acceptors (Lipinski definition) is 6. The molecule has 0 aromatic heterocycles. The van der Waals surface area contributed by atoms with Crippen molar-refractivity contribution in [3.63, 3.8) is 0 Å². The number of fused-ring (bicyclic) bond motifs is 2. The Labute approximate surface area is 176 Å². The maximum absolute atomic E-state index is 11.1. The van der Waals surface area contributed by atoms with Crippen LogP contribution in [0.25, 0.3) is 0 Å². The fourth-order valence-electron chi connectivity index (χ4n) is 5.16. The fraction of sp³-hybridized carbons (Fsp3) is 0.478. The predicted octanol–water partition coefficient (Wildman–Crippen LogP) is 3.97. The third kappa shape index (κ3) is 3.75. The van der Waals surface area contributed by atoms with Gasteiger partial charge in [0.2, 0.25) is 0 Å². The molecule has 30 heavy (non-hydrogen) atoms. The van der Waals surface area contributed by atoms with E-state index in [1.807, 2.05) is 0 Å². The molecule has 1 atom stereocenters. The molecule has 1 saturated carbocycles. The number of rotatable bonds is 6. The van der Waals surface area contributed by atoms with E-state index in [9.17, 15) is 15.2 Å². The summed E-state index contributed by atoms with van der Waals surface area (Å²) in [5.41, 5.74) is 3.16. The Balaban J connectivity index is 1.62. The summed E-state index contributed by atoms with van der Waals surface area (Å²) in [7, 11) is 3.30. The molecule has 1 fully saturated rings. The number of aliphatic hydroxyl groups excluding tert-OH is 1. The number of ether oxygens (including phenoxy) is 2. The second kappa shape index (κ2) is 8.24. The van der Waals surface area contributed by atoms with E-state index in [1.165, 1.54) is 36.1 Å². The van der Waals surface area contributed by atoms with E-state index in [0.717, 1.165) is 25.1 Å². The first-order chi connectivity index (χ1) is 14.5. The van der Waals surface area contributed by atoms with E-state index >= 15 is 0 Å². The highest BCUT2D eigenvalue weighted by atomic mass is 16.6. The zero-order valence-corrected chi connectivity index (χ0v) is 17.5. The molecule has 7 nitrogen and oxygen atoms in total. The average Bonchev–Trinajstić information content (AvgIpc) is 3.21. The summed E-state index contributed by atoms with van der Waals surface area (Å²) in [6.45, 7) is 1.99. The van der Waals surface area contributed by atoms with E-state index in [1.54, 1.807) is 26.4 Å². The highest BCUT2D eigenvalue weighted by Gasteiger charge is 2.42. The summed E-state index contributed by atoms with van der Waals surface area (Å²) in [6.07, 6.45) is 3.81. The highest BCUT2D eigenvalue weighted by molar-refractivity contribution is 5.51. The van der Waals surface area contributed by atoms with Crippen molar-refractivity contribution in [2.75, 3.05) is 27.3 Å². The molecule has 0 radical (unpaired) electrons. The number of nitrogens with zero attached hydrogens (tertiary/aromatic N) is 2. The number of aliphatic hydroxyl groups is 1. The Kier molecular flexibility index (Phi) is 5.66. The first-order valence-electron chi connectivity index (χ1n) is 10.4. The summed E-state index contributed by atoms with van der Waals surface area (Å²) >= 11 is 0. The Bertz CT molecular complexity index is 939. The first kappa shape index (κ1) is 20.6. The van der Waals surface area contributed by atoms with Crippen molar-refractivity contribution in [3.8, 4) is 11.5 Å². The van der Waals surface area contributed by atoms with Gasteiger partial charge < -0.3 is 14.6 Å². The normalized spacial score (nSPS) is 18.8. The van der Waals surface area contributed by atoms with Crippen molar-refractivity contribution in [1.29, 1.82) is 0 Å². The number of hydrogen-bond donors (Lipinski definition) is 1. The molecule has 2 aromatic carbocycles. The number of β-amino-alcohol motifs (C(OH)–C–C–N with tert-alkyl or cyclic N) is 1.